The predicted molar refractivity (Wildman–Crippen MR) is 134 cm³/mol. The highest BCUT2D eigenvalue weighted by Gasteiger charge is 2.55. The zero-order chi connectivity index (χ0) is 23.2. The van der Waals surface area contributed by atoms with Gasteiger partial charge in [-0.1, -0.05) is 119 Å². The van der Waals surface area contributed by atoms with Crippen LogP contribution < -0.4 is 10.4 Å². The van der Waals surface area contributed by atoms with E-state index in [1.807, 2.05) is 73.7 Å². The summed E-state index contributed by atoms with van der Waals surface area (Å²) < 4.78 is 11.3. The van der Waals surface area contributed by atoms with Gasteiger partial charge in [0.25, 0.3) is 0 Å². The molecule has 0 aliphatic carbocycles. The van der Waals surface area contributed by atoms with Crippen molar-refractivity contribution in [3.05, 3.63) is 96.6 Å². The van der Waals surface area contributed by atoms with Crippen LogP contribution in [0.4, 0.5) is 0 Å². The van der Waals surface area contributed by atoms with Crippen LogP contribution in [0.2, 0.25) is 5.04 Å². The molecule has 0 fully saturated rings. The van der Waals surface area contributed by atoms with Crippen molar-refractivity contribution < 1.29 is 14.3 Å². The molecule has 0 heterocycles. The molecule has 0 spiro atoms. The molecule has 0 amide bonds. The minimum Gasteiger partial charge on any atom is -0.359 e. The molecule has 4 heteroatoms. The Bertz CT molecular complexity index is 942. The van der Waals surface area contributed by atoms with Gasteiger partial charge in [0.15, 0.2) is 8.07 Å². The van der Waals surface area contributed by atoms with Gasteiger partial charge in [-0.25, -0.2) is 0 Å². The lowest BCUT2D eigenvalue weighted by Gasteiger charge is -2.44. The smallest absolute Gasteiger partial charge is 0.199 e. The molecule has 0 aromatic heterocycles. The van der Waals surface area contributed by atoms with Crippen LogP contribution in [0.15, 0.2) is 91.0 Å². The van der Waals surface area contributed by atoms with E-state index in [2.05, 4.69) is 45.0 Å². The van der Waals surface area contributed by atoms with E-state index in [4.69, 9.17) is 9.47 Å². The number of hydrogen-bond donors (Lipinski definition) is 0. The van der Waals surface area contributed by atoms with Crippen LogP contribution >= 0.6 is 0 Å². The fourth-order valence-electron chi connectivity index (χ4n) is 4.86. The van der Waals surface area contributed by atoms with Crippen molar-refractivity contribution in [2.45, 2.75) is 38.8 Å². The van der Waals surface area contributed by atoms with Gasteiger partial charge in [0.2, 0.25) is 0 Å². The van der Waals surface area contributed by atoms with E-state index in [1.165, 1.54) is 0 Å². The first-order valence-corrected chi connectivity index (χ1v) is 13.1. The van der Waals surface area contributed by atoms with Crippen LogP contribution in [0.5, 0.6) is 0 Å². The molecule has 3 rings (SSSR count). The van der Waals surface area contributed by atoms with Crippen molar-refractivity contribution in [1.82, 2.24) is 0 Å². The van der Waals surface area contributed by atoms with Gasteiger partial charge in [-0.05, 0) is 21.0 Å². The third-order valence-corrected chi connectivity index (χ3v) is 12.1. The minimum absolute atomic E-state index is 0.137. The first-order chi connectivity index (χ1) is 15.3. The maximum atomic E-state index is 14.7. The van der Waals surface area contributed by atoms with Crippen LogP contribution in [0.3, 0.4) is 0 Å². The van der Waals surface area contributed by atoms with Gasteiger partial charge < -0.3 is 14.3 Å². The van der Waals surface area contributed by atoms with Crippen molar-refractivity contribution in [2.75, 3.05) is 13.9 Å². The van der Waals surface area contributed by atoms with Gasteiger partial charge >= 0.3 is 0 Å². The van der Waals surface area contributed by atoms with E-state index in [0.29, 0.717) is 0 Å². The average molecular weight is 447 g/mol. The summed E-state index contributed by atoms with van der Waals surface area (Å²) >= 11 is 0. The topological polar surface area (TPSA) is 35.5 Å². The van der Waals surface area contributed by atoms with E-state index >= 15 is 0 Å². The molecule has 0 N–H and O–H groups in total. The highest BCUT2D eigenvalue weighted by molar-refractivity contribution is 7.24. The lowest BCUT2D eigenvalue weighted by molar-refractivity contribution is -0.128. The van der Waals surface area contributed by atoms with Crippen molar-refractivity contribution in [3.63, 3.8) is 0 Å². The molecule has 0 unspecified atom stereocenters. The molecule has 168 valence electrons. The van der Waals surface area contributed by atoms with Gasteiger partial charge in [0.1, 0.15) is 12.2 Å². The molecule has 0 bridgehead atoms. The molecule has 0 saturated heterocycles. The van der Waals surface area contributed by atoms with Crippen molar-refractivity contribution in [3.8, 4) is 0 Å². The summed E-state index contributed by atoms with van der Waals surface area (Å²) in [4.78, 5) is 14.7. The van der Waals surface area contributed by atoms with E-state index < -0.39 is 8.07 Å². The number of carbonyl (C=O) groups excluding carboxylic acids is 1. The monoisotopic (exact) mass is 446 g/mol. The third kappa shape index (κ3) is 4.63. The van der Waals surface area contributed by atoms with Gasteiger partial charge in [-0.2, -0.15) is 0 Å². The summed E-state index contributed by atoms with van der Waals surface area (Å²) in [5.41, 5.74) is 0.989. The Kier molecular flexibility index (Phi) is 7.83. The van der Waals surface area contributed by atoms with E-state index in [9.17, 15) is 4.79 Å². The van der Waals surface area contributed by atoms with Crippen LogP contribution in [-0.2, 0) is 14.3 Å². The zero-order valence-electron chi connectivity index (χ0n) is 19.7. The Morgan fingerprint density at radius 3 is 1.66 bits per heavy atom. The van der Waals surface area contributed by atoms with Gasteiger partial charge in [0, 0.05) is 13.0 Å². The van der Waals surface area contributed by atoms with Crippen LogP contribution in [0, 0.1) is 5.92 Å². The maximum Gasteiger partial charge on any atom is 0.199 e. The summed E-state index contributed by atoms with van der Waals surface area (Å²) in [6.07, 6.45) is -0.384. The van der Waals surface area contributed by atoms with Crippen molar-refractivity contribution in [2.24, 2.45) is 5.92 Å². The number of hydrogen-bond acceptors (Lipinski definition) is 3. The molecule has 2 atom stereocenters. The van der Waals surface area contributed by atoms with E-state index in [-0.39, 0.29) is 29.3 Å². The molecular weight excluding hydrogens is 412 g/mol. The summed E-state index contributed by atoms with van der Waals surface area (Å²) in [5.74, 6) is -0.348. The lowest BCUT2D eigenvalue weighted by atomic mass is 9.98. The Balaban J connectivity index is 2.21. The first-order valence-electron chi connectivity index (χ1n) is 11.1. The maximum absolute atomic E-state index is 14.7. The number of carbonyl (C=O) groups is 1. The first kappa shape index (κ1) is 24.1. The molecule has 32 heavy (non-hydrogen) atoms. The second kappa shape index (κ2) is 10.4. The number of methoxy groups -OCH3 is 1. The summed E-state index contributed by atoms with van der Waals surface area (Å²) in [5, 5.41) is 2.29. The Morgan fingerprint density at radius 1 is 0.812 bits per heavy atom. The normalized spacial score (nSPS) is 14.0. The quantitative estimate of drug-likeness (QED) is 0.337. The second-order valence-corrected chi connectivity index (χ2v) is 13.9. The van der Waals surface area contributed by atoms with Crippen LogP contribution in [-0.4, -0.2) is 27.4 Å². The highest BCUT2D eigenvalue weighted by atomic mass is 28.3. The van der Waals surface area contributed by atoms with E-state index in [0.717, 1.165) is 15.9 Å². The fourth-order valence-corrected chi connectivity index (χ4v) is 10.4. The molecule has 0 aliphatic rings. The SMILES string of the molecule is COCO[C@@H](c1ccccc1)[C@@H](C)C(=O)[Si](c1ccccc1)(c1ccccc1)C(C)(C)C. The average Bonchev–Trinajstić information content (AvgIpc) is 2.81. The molecule has 3 nitrogen and oxygen atoms in total. The Morgan fingerprint density at radius 2 is 1.25 bits per heavy atom. The van der Waals surface area contributed by atoms with E-state index in [1.54, 1.807) is 7.11 Å². The van der Waals surface area contributed by atoms with Crippen molar-refractivity contribution >= 4 is 23.9 Å². The van der Waals surface area contributed by atoms with Gasteiger partial charge in [-0.15, -0.1) is 0 Å². The number of rotatable bonds is 9. The predicted octanol–water partition coefficient (Wildman–Crippen LogP) is 5.16. The summed E-state index contributed by atoms with van der Waals surface area (Å²) in [6.45, 7) is 8.76. The third-order valence-electron chi connectivity index (χ3n) is 6.27. The van der Waals surface area contributed by atoms with Crippen LogP contribution in [0.25, 0.3) is 0 Å². The second-order valence-electron chi connectivity index (χ2n) is 9.29. The highest BCUT2D eigenvalue weighted by Crippen LogP contribution is 2.40. The van der Waals surface area contributed by atoms with Crippen LogP contribution in [0.1, 0.15) is 39.4 Å². The van der Waals surface area contributed by atoms with Crippen molar-refractivity contribution in [1.29, 1.82) is 0 Å². The molecule has 0 aliphatic heterocycles. The molecule has 0 saturated carbocycles. The van der Waals surface area contributed by atoms with Gasteiger partial charge in [0.05, 0.1) is 6.10 Å². The fraction of sp³-hybridized carbons (Fsp3) is 0.321. The Hall–Kier alpha value is -2.53. The zero-order valence-corrected chi connectivity index (χ0v) is 20.7. The lowest BCUT2D eigenvalue weighted by Crippen LogP contribution is -2.71. The molecule has 0 radical (unpaired) electrons. The number of benzene rings is 3. The largest absolute Gasteiger partial charge is 0.359 e. The number of ether oxygens (including phenoxy) is 2. The summed E-state index contributed by atoms with van der Waals surface area (Å²) in [6, 6.07) is 30.7. The minimum atomic E-state index is -2.91. The standard InChI is InChI=1S/C28H34O3Si/c1-22(26(31-21-30-5)23-15-9-6-10-16-23)27(29)32(28(2,3)4,24-17-11-7-12-18-24)25-19-13-8-14-20-25/h6-20,22,26H,21H2,1-5H3/t22-,26-/m1/s1. The molecule has 3 aromatic rings. The molecular formula is C28H34O3Si. The van der Waals surface area contributed by atoms with Gasteiger partial charge in [-0.3, -0.25) is 0 Å². The molecule has 3 aromatic carbocycles. The Labute approximate surface area is 193 Å². The summed E-state index contributed by atoms with van der Waals surface area (Å²) in [7, 11) is -1.30.